The predicted octanol–water partition coefficient (Wildman–Crippen LogP) is 0.282. The molecular formula is C8H15NO2. The molecule has 2 N–H and O–H groups in total. The lowest BCUT2D eigenvalue weighted by molar-refractivity contribution is -0.128. The van der Waals surface area contributed by atoms with Crippen molar-refractivity contribution in [1.82, 2.24) is 5.32 Å². The molecule has 1 rings (SSSR count). The second-order valence-corrected chi connectivity index (χ2v) is 3.65. The van der Waals surface area contributed by atoms with E-state index in [0.29, 0.717) is 0 Å². The van der Waals surface area contributed by atoms with E-state index >= 15 is 0 Å². The van der Waals surface area contributed by atoms with Crippen molar-refractivity contribution in [3.05, 3.63) is 0 Å². The summed E-state index contributed by atoms with van der Waals surface area (Å²) >= 11 is 0. The Kier molecular flexibility index (Phi) is 1.92. The van der Waals surface area contributed by atoms with Crippen molar-refractivity contribution in [1.29, 1.82) is 0 Å². The molecule has 3 heteroatoms. The summed E-state index contributed by atoms with van der Waals surface area (Å²) in [6, 6.07) is -0.0579. The van der Waals surface area contributed by atoms with Gasteiger partial charge in [0.2, 0.25) is 5.91 Å². The second-order valence-electron chi connectivity index (χ2n) is 3.65. The standard InChI is InChI=1S/C8H15NO2/c1-4-5-6(10)8(2,3)7(11)9-5/h5-6,10H,4H2,1-3H3,(H,9,11)/t5-,6+/m1/s1. The first kappa shape index (κ1) is 8.53. The van der Waals surface area contributed by atoms with Crippen molar-refractivity contribution in [2.45, 2.75) is 39.3 Å². The minimum atomic E-state index is -0.610. The normalized spacial score (nSPS) is 35.5. The van der Waals surface area contributed by atoms with Crippen LogP contribution in [-0.2, 0) is 4.79 Å². The highest BCUT2D eigenvalue weighted by molar-refractivity contribution is 5.85. The van der Waals surface area contributed by atoms with Gasteiger partial charge in [-0.25, -0.2) is 0 Å². The number of nitrogens with one attached hydrogen (secondary N) is 1. The maximum atomic E-state index is 11.2. The summed E-state index contributed by atoms with van der Waals surface area (Å²) in [6.07, 6.45) is 0.246. The number of rotatable bonds is 1. The van der Waals surface area contributed by atoms with E-state index in [1.807, 2.05) is 6.92 Å². The third kappa shape index (κ3) is 1.13. The Bertz CT molecular complexity index is 177. The first-order chi connectivity index (χ1) is 5.00. The average Bonchev–Trinajstić information content (AvgIpc) is 2.14. The zero-order valence-electron chi connectivity index (χ0n) is 7.22. The number of carbonyl (C=O) groups is 1. The Balaban J connectivity index is 2.80. The zero-order valence-corrected chi connectivity index (χ0v) is 7.22. The van der Waals surface area contributed by atoms with Gasteiger partial charge in [-0.05, 0) is 20.3 Å². The highest BCUT2D eigenvalue weighted by Crippen LogP contribution is 2.30. The molecular weight excluding hydrogens is 142 g/mol. The minimum Gasteiger partial charge on any atom is -0.390 e. The van der Waals surface area contributed by atoms with Crippen LogP contribution in [-0.4, -0.2) is 23.2 Å². The largest absolute Gasteiger partial charge is 0.390 e. The highest BCUT2D eigenvalue weighted by Gasteiger charge is 2.46. The zero-order chi connectivity index (χ0) is 8.65. The molecule has 1 amide bonds. The summed E-state index contributed by atoms with van der Waals surface area (Å²) in [5, 5.41) is 12.4. The van der Waals surface area contributed by atoms with Crippen LogP contribution in [0, 0.1) is 5.41 Å². The van der Waals surface area contributed by atoms with Crippen LogP contribution in [0.5, 0.6) is 0 Å². The predicted molar refractivity (Wildman–Crippen MR) is 42.0 cm³/mol. The number of carbonyl (C=O) groups excluding carboxylic acids is 1. The molecule has 3 nitrogen and oxygen atoms in total. The van der Waals surface area contributed by atoms with E-state index in [4.69, 9.17) is 0 Å². The monoisotopic (exact) mass is 157 g/mol. The Morgan fingerprint density at radius 2 is 2.18 bits per heavy atom. The molecule has 0 unspecified atom stereocenters. The van der Waals surface area contributed by atoms with Crippen LogP contribution in [0.25, 0.3) is 0 Å². The number of amides is 1. The number of aliphatic hydroxyl groups is 1. The van der Waals surface area contributed by atoms with Crippen LogP contribution in [0.2, 0.25) is 0 Å². The Morgan fingerprint density at radius 3 is 2.36 bits per heavy atom. The average molecular weight is 157 g/mol. The van der Waals surface area contributed by atoms with Crippen LogP contribution in [0.4, 0.5) is 0 Å². The molecule has 0 aromatic heterocycles. The van der Waals surface area contributed by atoms with E-state index < -0.39 is 11.5 Å². The summed E-state index contributed by atoms with van der Waals surface area (Å²) < 4.78 is 0. The molecule has 2 atom stereocenters. The van der Waals surface area contributed by atoms with E-state index in [-0.39, 0.29) is 11.9 Å². The summed E-state index contributed by atoms with van der Waals surface area (Å²) in [5.74, 6) is -0.0446. The van der Waals surface area contributed by atoms with Gasteiger partial charge in [-0.2, -0.15) is 0 Å². The van der Waals surface area contributed by atoms with E-state index in [2.05, 4.69) is 5.32 Å². The molecule has 1 saturated heterocycles. The van der Waals surface area contributed by atoms with Gasteiger partial charge in [-0.3, -0.25) is 4.79 Å². The molecule has 1 fully saturated rings. The van der Waals surface area contributed by atoms with Gasteiger partial charge < -0.3 is 10.4 Å². The van der Waals surface area contributed by atoms with Gasteiger partial charge in [0.25, 0.3) is 0 Å². The minimum absolute atomic E-state index is 0.0446. The van der Waals surface area contributed by atoms with Crippen LogP contribution in [0.1, 0.15) is 27.2 Å². The molecule has 0 saturated carbocycles. The van der Waals surface area contributed by atoms with Gasteiger partial charge >= 0.3 is 0 Å². The van der Waals surface area contributed by atoms with Crippen LogP contribution < -0.4 is 5.32 Å². The van der Waals surface area contributed by atoms with E-state index in [0.717, 1.165) is 6.42 Å². The highest BCUT2D eigenvalue weighted by atomic mass is 16.3. The fourth-order valence-corrected chi connectivity index (χ4v) is 1.40. The lowest BCUT2D eigenvalue weighted by Crippen LogP contribution is -2.33. The molecule has 0 spiro atoms. The molecule has 11 heavy (non-hydrogen) atoms. The van der Waals surface area contributed by atoms with Gasteiger partial charge in [0.1, 0.15) is 0 Å². The van der Waals surface area contributed by atoms with Crippen molar-refractivity contribution < 1.29 is 9.90 Å². The molecule has 1 aliphatic rings. The molecule has 0 bridgehead atoms. The Labute approximate surface area is 66.8 Å². The van der Waals surface area contributed by atoms with Crippen molar-refractivity contribution in [2.75, 3.05) is 0 Å². The molecule has 0 aromatic rings. The van der Waals surface area contributed by atoms with Crippen molar-refractivity contribution in [3.8, 4) is 0 Å². The van der Waals surface area contributed by atoms with E-state index in [1.165, 1.54) is 0 Å². The van der Waals surface area contributed by atoms with Gasteiger partial charge in [0.05, 0.1) is 17.6 Å². The first-order valence-electron chi connectivity index (χ1n) is 3.99. The Morgan fingerprint density at radius 1 is 1.64 bits per heavy atom. The molecule has 64 valence electrons. The SMILES string of the molecule is CC[C@H]1NC(=O)C(C)(C)[C@H]1O. The topological polar surface area (TPSA) is 49.3 Å². The smallest absolute Gasteiger partial charge is 0.228 e. The Hall–Kier alpha value is -0.570. The quantitative estimate of drug-likeness (QED) is 0.574. The molecule has 0 aliphatic carbocycles. The van der Waals surface area contributed by atoms with Gasteiger partial charge in [-0.15, -0.1) is 0 Å². The maximum Gasteiger partial charge on any atom is 0.228 e. The van der Waals surface area contributed by atoms with Crippen molar-refractivity contribution >= 4 is 5.91 Å². The van der Waals surface area contributed by atoms with Gasteiger partial charge in [0.15, 0.2) is 0 Å². The third-order valence-corrected chi connectivity index (χ3v) is 2.46. The maximum absolute atomic E-state index is 11.2. The molecule has 0 radical (unpaired) electrons. The van der Waals surface area contributed by atoms with E-state index in [1.54, 1.807) is 13.8 Å². The van der Waals surface area contributed by atoms with Crippen LogP contribution in [0.3, 0.4) is 0 Å². The van der Waals surface area contributed by atoms with Gasteiger partial charge in [0, 0.05) is 0 Å². The number of hydrogen-bond donors (Lipinski definition) is 2. The molecule has 1 aliphatic heterocycles. The van der Waals surface area contributed by atoms with Crippen molar-refractivity contribution in [3.63, 3.8) is 0 Å². The lowest BCUT2D eigenvalue weighted by atomic mass is 9.86. The molecule has 1 heterocycles. The second kappa shape index (κ2) is 2.48. The first-order valence-corrected chi connectivity index (χ1v) is 3.99. The van der Waals surface area contributed by atoms with E-state index in [9.17, 15) is 9.90 Å². The van der Waals surface area contributed by atoms with Crippen LogP contribution >= 0.6 is 0 Å². The van der Waals surface area contributed by atoms with Crippen LogP contribution in [0.15, 0.2) is 0 Å². The van der Waals surface area contributed by atoms with Gasteiger partial charge in [-0.1, -0.05) is 6.92 Å². The van der Waals surface area contributed by atoms with Crippen molar-refractivity contribution in [2.24, 2.45) is 5.41 Å². The fraction of sp³-hybridized carbons (Fsp3) is 0.875. The summed E-state index contributed by atoms with van der Waals surface area (Å²) in [4.78, 5) is 11.2. The molecule has 0 aromatic carbocycles. The summed E-state index contributed by atoms with van der Waals surface area (Å²) in [7, 11) is 0. The third-order valence-electron chi connectivity index (χ3n) is 2.46. The summed E-state index contributed by atoms with van der Waals surface area (Å²) in [5.41, 5.74) is -0.610. The number of aliphatic hydroxyl groups excluding tert-OH is 1. The summed E-state index contributed by atoms with van der Waals surface area (Å²) in [6.45, 7) is 5.49. The number of hydrogen-bond acceptors (Lipinski definition) is 2. The lowest BCUT2D eigenvalue weighted by Gasteiger charge is -2.20. The fourth-order valence-electron chi connectivity index (χ4n) is 1.40.